The zero-order valence-corrected chi connectivity index (χ0v) is 13.7. The summed E-state index contributed by atoms with van der Waals surface area (Å²) in [6, 6.07) is 7.42. The normalized spacial score (nSPS) is 28.1. The van der Waals surface area contributed by atoms with Gasteiger partial charge in [0.25, 0.3) is 10.1 Å². The van der Waals surface area contributed by atoms with Crippen LogP contribution in [0, 0.1) is 11.8 Å². The Morgan fingerprint density at radius 2 is 2.04 bits per heavy atom. The largest absolute Gasteiger partial charge is 0.457 e. The lowest BCUT2D eigenvalue weighted by Crippen LogP contribution is -2.58. The smallest absolute Gasteiger partial charge is 0.303 e. The van der Waals surface area contributed by atoms with E-state index < -0.39 is 10.1 Å². The molecule has 6 nitrogen and oxygen atoms in total. The van der Waals surface area contributed by atoms with Gasteiger partial charge >= 0.3 is 5.97 Å². The van der Waals surface area contributed by atoms with Gasteiger partial charge in [0.15, 0.2) is 0 Å². The molecule has 0 heterocycles. The van der Waals surface area contributed by atoms with Crippen molar-refractivity contribution in [3.8, 4) is 0 Å². The Kier molecular flexibility index (Phi) is 5.23. The Bertz CT molecular complexity index is 686. The Morgan fingerprint density at radius 3 is 2.48 bits per heavy atom. The van der Waals surface area contributed by atoms with Crippen molar-refractivity contribution >= 4 is 16.1 Å². The molecule has 2 aliphatic carbocycles. The molecular formula is C16H21NO5S. The van der Waals surface area contributed by atoms with Crippen LogP contribution in [0.4, 0.5) is 0 Å². The standard InChI is InChI=1S/C10H15NO2.C6H6O3S/c1-7(12)13-10(6-11)5-8-3-2-4-9(8)10;7-10(8,9)6-4-2-1-3-5-6/h2,4,8-9H,3,5-6,11H2,1H3;1-5H,(H,7,8,9)/t8-,9-,10-;/m0./s1. The van der Waals surface area contributed by atoms with Crippen molar-refractivity contribution in [1.29, 1.82) is 0 Å². The zero-order chi connectivity index (χ0) is 17.1. The molecule has 3 N–H and O–H groups in total. The fraction of sp³-hybridized carbons (Fsp3) is 0.438. The Morgan fingerprint density at radius 1 is 1.39 bits per heavy atom. The van der Waals surface area contributed by atoms with Crippen LogP contribution in [0.15, 0.2) is 47.4 Å². The molecule has 1 saturated carbocycles. The monoisotopic (exact) mass is 339 g/mol. The number of allylic oxidation sites excluding steroid dienone is 1. The number of rotatable bonds is 3. The molecule has 1 fully saturated rings. The van der Waals surface area contributed by atoms with Gasteiger partial charge in [-0.2, -0.15) is 8.42 Å². The molecule has 23 heavy (non-hydrogen) atoms. The molecule has 0 aromatic heterocycles. The first-order valence-corrected chi connectivity index (χ1v) is 8.81. The molecule has 3 atom stereocenters. The van der Waals surface area contributed by atoms with E-state index in [4.69, 9.17) is 15.0 Å². The molecule has 0 unspecified atom stereocenters. The number of fused-ring (bicyclic) bond motifs is 1. The van der Waals surface area contributed by atoms with E-state index >= 15 is 0 Å². The molecule has 3 rings (SSSR count). The summed E-state index contributed by atoms with van der Waals surface area (Å²) in [7, 11) is -4.00. The summed E-state index contributed by atoms with van der Waals surface area (Å²) < 4.78 is 34.6. The van der Waals surface area contributed by atoms with Crippen molar-refractivity contribution in [1.82, 2.24) is 0 Å². The minimum absolute atomic E-state index is 0.0741. The van der Waals surface area contributed by atoms with Crippen LogP contribution in [0.5, 0.6) is 0 Å². The maximum atomic E-state index is 10.9. The summed E-state index contributed by atoms with van der Waals surface area (Å²) >= 11 is 0. The van der Waals surface area contributed by atoms with E-state index in [1.54, 1.807) is 18.2 Å². The van der Waals surface area contributed by atoms with Crippen molar-refractivity contribution < 1.29 is 22.5 Å². The quantitative estimate of drug-likeness (QED) is 0.494. The van der Waals surface area contributed by atoms with E-state index in [2.05, 4.69) is 12.2 Å². The number of carbonyl (C=O) groups is 1. The lowest BCUT2D eigenvalue weighted by Gasteiger charge is -2.50. The van der Waals surface area contributed by atoms with Crippen LogP contribution in [0.1, 0.15) is 19.8 Å². The highest BCUT2D eigenvalue weighted by atomic mass is 32.2. The number of esters is 1. The van der Waals surface area contributed by atoms with Gasteiger partial charge in [0.05, 0.1) is 4.90 Å². The number of carbonyl (C=O) groups excluding carboxylic acids is 1. The predicted molar refractivity (Wildman–Crippen MR) is 85.2 cm³/mol. The van der Waals surface area contributed by atoms with Gasteiger partial charge in [-0.3, -0.25) is 9.35 Å². The van der Waals surface area contributed by atoms with Crippen molar-refractivity contribution in [2.24, 2.45) is 17.6 Å². The van der Waals surface area contributed by atoms with Crippen LogP contribution >= 0.6 is 0 Å². The molecule has 126 valence electrons. The number of hydrogen-bond acceptors (Lipinski definition) is 5. The molecule has 0 radical (unpaired) electrons. The first-order valence-electron chi connectivity index (χ1n) is 7.37. The third kappa shape index (κ3) is 3.99. The number of benzene rings is 1. The predicted octanol–water partition coefficient (Wildman–Crippen LogP) is 1.78. The van der Waals surface area contributed by atoms with E-state index in [9.17, 15) is 13.2 Å². The van der Waals surface area contributed by atoms with Gasteiger partial charge in [0, 0.05) is 19.4 Å². The lowest BCUT2D eigenvalue weighted by atomic mass is 9.62. The summed E-state index contributed by atoms with van der Waals surface area (Å²) in [4.78, 5) is 10.8. The number of ether oxygens (including phenoxy) is 1. The van der Waals surface area contributed by atoms with E-state index in [1.165, 1.54) is 19.1 Å². The summed E-state index contributed by atoms with van der Waals surface area (Å²) in [5, 5.41) is 0. The zero-order valence-electron chi connectivity index (χ0n) is 12.9. The average molecular weight is 339 g/mol. The molecule has 0 aliphatic heterocycles. The van der Waals surface area contributed by atoms with Crippen molar-refractivity contribution in [2.75, 3.05) is 6.54 Å². The molecule has 0 amide bonds. The molecule has 7 heteroatoms. The second kappa shape index (κ2) is 6.82. The molecule has 2 aliphatic rings. The molecule has 1 aromatic carbocycles. The first kappa shape index (κ1) is 17.7. The second-order valence-electron chi connectivity index (χ2n) is 5.80. The maximum Gasteiger partial charge on any atom is 0.303 e. The van der Waals surface area contributed by atoms with E-state index in [1.807, 2.05) is 0 Å². The van der Waals surface area contributed by atoms with Crippen LogP contribution in [0.2, 0.25) is 0 Å². The summed E-state index contributed by atoms with van der Waals surface area (Å²) in [5.41, 5.74) is 5.29. The highest BCUT2D eigenvalue weighted by Gasteiger charge is 2.55. The van der Waals surface area contributed by atoms with Crippen molar-refractivity contribution in [3.63, 3.8) is 0 Å². The highest BCUT2D eigenvalue weighted by Crippen LogP contribution is 2.51. The van der Waals surface area contributed by atoms with Gasteiger partial charge in [0.1, 0.15) is 5.60 Å². The summed E-state index contributed by atoms with van der Waals surface area (Å²) in [6.07, 6.45) is 6.36. The minimum atomic E-state index is -4.00. The molecule has 1 aromatic rings. The first-order chi connectivity index (χ1) is 10.8. The highest BCUT2D eigenvalue weighted by molar-refractivity contribution is 7.85. The Hall–Kier alpha value is -1.70. The third-order valence-corrected chi connectivity index (χ3v) is 5.11. The second-order valence-corrected chi connectivity index (χ2v) is 7.23. The average Bonchev–Trinajstić information content (AvgIpc) is 2.88. The van der Waals surface area contributed by atoms with Gasteiger partial charge in [0.2, 0.25) is 0 Å². The van der Waals surface area contributed by atoms with Crippen LogP contribution in [-0.2, 0) is 19.6 Å². The van der Waals surface area contributed by atoms with Crippen LogP contribution in [-0.4, -0.2) is 31.1 Å². The fourth-order valence-corrected chi connectivity index (χ4v) is 3.69. The van der Waals surface area contributed by atoms with Gasteiger partial charge in [-0.15, -0.1) is 0 Å². The topological polar surface area (TPSA) is 107 Å². The fourth-order valence-electron chi connectivity index (χ4n) is 3.19. The van der Waals surface area contributed by atoms with Gasteiger partial charge in [-0.25, -0.2) is 0 Å². The van der Waals surface area contributed by atoms with E-state index in [-0.39, 0.29) is 16.5 Å². The van der Waals surface area contributed by atoms with Gasteiger partial charge < -0.3 is 10.5 Å². The Labute approximate surface area is 136 Å². The molecular weight excluding hydrogens is 318 g/mol. The Balaban J connectivity index is 0.000000174. The number of nitrogens with two attached hydrogens (primary N) is 1. The van der Waals surface area contributed by atoms with Crippen LogP contribution < -0.4 is 5.73 Å². The molecule has 0 spiro atoms. The van der Waals surface area contributed by atoms with Gasteiger partial charge in [-0.05, 0) is 30.9 Å². The van der Waals surface area contributed by atoms with Gasteiger partial charge in [-0.1, -0.05) is 30.4 Å². The lowest BCUT2D eigenvalue weighted by molar-refractivity contribution is -0.181. The minimum Gasteiger partial charge on any atom is -0.457 e. The van der Waals surface area contributed by atoms with Crippen molar-refractivity contribution in [3.05, 3.63) is 42.5 Å². The maximum absolute atomic E-state index is 10.9. The summed E-state index contributed by atoms with van der Waals surface area (Å²) in [5.74, 6) is 0.827. The third-order valence-electron chi connectivity index (χ3n) is 4.24. The molecule has 0 bridgehead atoms. The van der Waals surface area contributed by atoms with E-state index in [0.29, 0.717) is 18.4 Å². The SMILES string of the molecule is CC(=O)O[C@]1(CN)C[C@@H]2CC=C[C@@H]21.O=S(=O)(O)c1ccccc1. The van der Waals surface area contributed by atoms with E-state index in [0.717, 1.165) is 12.8 Å². The van der Waals surface area contributed by atoms with Crippen LogP contribution in [0.25, 0.3) is 0 Å². The van der Waals surface area contributed by atoms with Crippen LogP contribution in [0.3, 0.4) is 0 Å². The summed E-state index contributed by atoms with van der Waals surface area (Å²) in [6.45, 7) is 1.89. The number of hydrogen-bond donors (Lipinski definition) is 2. The molecule has 0 saturated heterocycles. The van der Waals surface area contributed by atoms with Crippen molar-refractivity contribution in [2.45, 2.75) is 30.3 Å².